The third-order valence-electron chi connectivity index (χ3n) is 3.17. The molecule has 76 valence electrons. The lowest BCUT2D eigenvalue weighted by atomic mass is 9.93. The molecule has 0 unspecified atom stereocenters. The summed E-state index contributed by atoms with van der Waals surface area (Å²) in [7, 11) is 0. The second kappa shape index (κ2) is 4.62. The van der Waals surface area contributed by atoms with Crippen molar-refractivity contribution in [1.29, 1.82) is 0 Å². The quantitative estimate of drug-likeness (QED) is 0.832. The molecule has 0 bridgehead atoms. The van der Waals surface area contributed by atoms with E-state index in [1.54, 1.807) is 0 Å². The zero-order valence-electron chi connectivity index (χ0n) is 8.25. The average Bonchev–Trinajstić information content (AvgIpc) is 2.70. The Hall–Kier alpha value is -0.0900. The van der Waals surface area contributed by atoms with Crippen LogP contribution in [-0.4, -0.2) is 0 Å². The zero-order chi connectivity index (χ0) is 9.97. The van der Waals surface area contributed by atoms with Crippen LogP contribution in [0.5, 0.6) is 0 Å². The molecule has 0 amide bonds. The molecule has 2 heteroatoms. The van der Waals surface area contributed by atoms with Crippen molar-refractivity contribution in [2.45, 2.75) is 31.7 Å². The van der Waals surface area contributed by atoms with Gasteiger partial charge in [0.15, 0.2) is 0 Å². The molecule has 1 atom stereocenters. The van der Waals surface area contributed by atoms with Crippen LogP contribution in [0.3, 0.4) is 0 Å². The van der Waals surface area contributed by atoms with Gasteiger partial charge in [-0.3, -0.25) is 0 Å². The van der Waals surface area contributed by atoms with Gasteiger partial charge in [0, 0.05) is 9.61 Å². The van der Waals surface area contributed by atoms with Gasteiger partial charge in [0.25, 0.3) is 0 Å². The standard InChI is InChI=1S/C12H16IN/c13-11-8-4-3-7-10(11)12(14)9-5-1-2-6-9/h3-4,7-9,12H,1-2,5-6,14H2/t12-/m0/s1. The van der Waals surface area contributed by atoms with Crippen LogP contribution in [0.1, 0.15) is 37.3 Å². The second-order valence-electron chi connectivity index (χ2n) is 4.09. The van der Waals surface area contributed by atoms with Crippen LogP contribution in [0.2, 0.25) is 0 Å². The van der Waals surface area contributed by atoms with Crippen LogP contribution in [0.25, 0.3) is 0 Å². The molecule has 1 nitrogen and oxygen atoms in total. The van der Waals surface area contributed by atoms with Gasteiger partial charge in [0.2, 0.25) is 0 Å². The summed E-state index contributed by atoms with van der Waals surface area (Å²) in [5, 5.41) is 0. The number of nitrogens with two attached hydrogens (primary N) is 1. The molecule has 0 aliphatic heterocycles. The van der Waals surface area contributed by atoms with E-state index in [2.05, 4.69) is 46.9 Å². The van der Waals surface area contributed by atoms with E-state index < -0.39 is 0 Å². The first-order chi connectivity index (χ1) is 6.79. The minimum atomic E-state index is 0.255. The highest BCUT2D eigenvalue weighted by atomic mass is 127. The van der Waals surface area contributed by atoms with Gasteiger partial charge < -0.3 is 5.73 Å². The molecule has 14 heavy (non-hydrogen) atoms. The summed E-state index contributed by atoms with van der Waals surface area (Å²) in [6, 6.07) is 8.74. The van der Waals surface area contributed by atoms with E-state index in [4.69, 9.17) is 5.73 Å². The smallest absolute Gasteiger partial charge is 0.0334 e. The van der Waals surface area contributed by atoms with Gasteiger partial charge in [-0.05, 0) is 53.0 Å². The maximum Gasteiger partial charge on any atom is 0.0334 e. The number of hydrogen-bond acceptors (Lipinski definition) is 1. The normalized spacial score (nSPS) is 19.9. The molecule has 1 aromatic carbocycles. The highest BCUT2D eigenvalue weighted by Gasteiger charge is 2.24. The van der Waals surface area contributed by atoms with Crippen LogP contribution in [-0.2, 0) is 0 Å². The van der Waals surface area contributed by atoms with E-state index in [0.29, 0.717) is 5.92 Å². The third kappa shape index (κ3) is 2.11. The zero-order valence-corrected chi connectivity index (χ0v) is 10.4. The Morgan fingerprint density at radius 3 is 2.50 bits per heavy atom. The predicted octanol–water partition coefficient (Wildman–Crippen LogP) is 3.48. The van der Waals surface area contributed by atoms with Gasteiger partial charge in [0.05, 0.1) is 0 Å². The molecule has 0 heterocycles. The van der Waals surface area contributed by atoms with E-state index in [1.165, 1.54) is 34.8 Å². The summed E-state index contributed by atoms with van der Waals surface area (Å²) >= 11 is 2.38. The van der Waals surface area contributed by atoms with Crippen molar-refractivity contribution in [3.05, 3.63) is 33.4 Å². The van der Waals surface area contributed by atoms with Crippen LogP contribution in [0, 0.1) is 9.49 Å². The summed E-state index contributed by atoms with van der Waals surface area (Å²) in [5.41, 5.74) is 7.63. The molecule has 1 aliphatic carbocycles. The molecule has 2 rings (SSSR count). The lowest BCUT2D eigenvalue weighted by molar-refractivity contribution is 0.443. The molecule has 1 fully saturated rings. The molecule has 0 saturated heterocycles. The largest absolute Gasteiger partial charge is 0.324 e. The van der Waals surface area contributed by atoms with Crippen molar-refractivity contribution in [1.82, 2.24) is 0 Å². The van der Waals surface area contributed by atoms with Gasteiger partial charge in [-0.2, -0.15) is 0 Å². The first kappa shape index (κ1) is 10.4. The fourth-order valence-corrected chi connectivity index (χ4v) is 3.06. The van der Waals surface area contributed by atoms with E-state index in [9.17, 15) is 0 Å². The SMILES string of the molecule is N[C@H](c1ccccc1I)C1CCCC1. The second-order valence-corrected chi connectivity index (χ2v) is 5.25. The van der Waals surface area contributed by atoms with E-state index >= 15 is 0 Å². The number of hydrogen-bond donors (Lipinski definition) is 1. The molecule has 0 radical (unpaired) electrons. The van der Waals surface area contributed by atoms with E-state index in [1.807, 2.05) is 0 Å². The molecule has 1 aromatic rings. The molecule has 2 N–H and O–H groups in total. The highest BCUT2D eigenvalue weighted by molar-refractivity contribution is 14.1. The van der Waals surface area contributed by atoms with Gasteiger partial charge in [-0.15, -0.1) is 0 Å². The first-order valence-electron chi connectivity index (χ1n) is 5.29. The third-order valence-corrected chi connectivity index (χ3v) is 4.15. The molecule has 0 aromatic heterocycles. The molecular formula is C12H16IN. The number of halogens is 1. The molecule has 1 aliphatic rings. The Morgan fingerprint density at radius 2 is 1.86 bits per heavy atom. The van der Waals surface area contributed by atoms with Gasteiger partial charge in [0.1, 0.15) is 0 Å². The maximum atomic E-state index is 6.30. The Morgan fingerprint density at radius 1 is 1.21 bits per heavy atom. The Balaban J connectivity index is 2.17. The molecular weight excluding hydrogens is 285 g/mol. The minimum absolute atomic E-state index is 0.255. The van der Waals surface area contributed by atoms with Gasteiger partial charge in [-0.25, -0.2) is 0 Å². The monoisotopic (exact) mass is 301 g/mol. The van der Waals surface area contributed by atoms with Crippen LogP contribution in [0.15, 0.2) is 24.3 Å². The minimum Gasteiger partial charge on any atom is -0.324 e. The van der Waals surface area contributed by atoms with Crippen molar-refractivity contribution < 1.29 is 0 Å². The highest BCUT2D eigenvalue weighted by Crippen LogP contribution is 2.35. The van der Waals surface area contributed by atoms with Crippen LogP contribution >= 0.6 is 22.6 Å². The van der Waals surface area contributed by atoms with E-state index in [0.717, 1.165) is 0 Å². The lowest BCUT2D eigenvalue weighted by Gasteiger charge is -2.20. The summed E-state index contributed by atoms with van der Waals surface area (Å²) in [4.78, 5) is 0. The maximum absolute atomic E-state index is 6.30. The Labute approximate surface area is 99.2 Å². The lowest BCUT2D eigenvalue weighted by Crippen LogP contribution is -2.20. The molecule has 0 spiro atoms. The van der Waals surface area contributed by atoms with Crippen molar-refractivity contribution in [2.75, 3.05) is 0 Å². The summed E-state index contributed by atoms with van der Waals surface area (Å²) in [6.07, 6.45) is 5.35. The van der Waals surface area contributed by atoms with Crippen molar-refractivity contribution in [2.24, 2.45) is 11.7 Å². The molecule has 1 saturated carbocycles. The topological polar surface area (TPSA) is 26.0 Å². The van der Waals surface area contributed by atoms with Crippen LogP contribution in [0.4, 0.5) is 0 Å². The van der Waals surface area contributed by atoms with Crippen molar-refractivity contribution >= 4 is 22.6 Å². The summed E-state index contributed by atoms with van der Waals surface area (Å²) < 4.78 is 1.31. The van der Waals surface area contributed by atoms with Crippen molar-refractivity contribution in [3.63, 3.8) is 0 Å². The summed E-state index contributed by atoms with van der Waals surface area (Å²) in [6.45, 7) is 0. The number of rotatable bonds is 2. The predicted molar refractivity (Wildman–Crippen MR) is 68.0 cm³/mol. The number of benzene rings is 1. The first-order valence-corrected chi connectivity index (χ1v) is 6.37. The van der Waals surface area contributed by atoms with Gasteiger partial charge in [-0.1, -0.05) is 31.0 Å². The van der Waals surface area contributed by atoms with E-state index in [-0.39, 0.29) is 6.04 Å². The fraction of sp³-hybridized carbons (Fsp3) is 0.500. The Kier molecular flexibility index (Phi) is 3.44. The average molecular weight is 301 g/mol. The van der Waals surface area contributed by atoms with Crippen LogP contribution < -0.4 is 5.73 Å². The van der Waals surface area contributed by atoms with Crippen molar-refractivity contribution in [3.8, 4) is 0 Å². The Bertz CT molecular complexity index is 305. The summed E-state index contributed by atoms with van der Waals surface area (Å²) in [5.74, 6) is 0.714. The fourth-order valence-electron chi connectivity index (χ4n) is 2.32. The van der Waals surface area contributed by atoms with Gasteiger partial charge >= 0.3 is 0 Å².